The number of nitrogens with one attached hydrogen (secondary N) is 1. The molecular formula is C13H19N5O. The van der Waals surface area contributed by atoms with E-state index in [9.17, 15) is 4.79 Å². The van der Waals surface area contributed by atoms with Crippen molar-refractivity contribution in [2.24, 2.45) is 0 Å². The molecule has 19 heavy (non-hydrogen) atoms. The number of rotatable bonds is 5. The van der Waals surface area contributed by atoms with Crippen LogP contribution in [0.2, 0.25) is 0 Å². The number of carbonyl (C=O) groups excluding carboxylic acids is 1. The molecule has 0 aliphatic carbocycles. The molecule has 1 N–H and O–H groups in total. The molecule has 1 amide bonds. The average molecular weight is 261 g/mol. The molecular weight excluding hydrogens is 242 g/mol. The number of hydrogen-bond donors (Lipinski definition) is 1. The van der Waals surface area contributed by atoms with Crippen LogP contribution in [0.5, 0.6) is 0 Å². The van der Waals surface area contributed by atoms with Crippen LogP contribution in [0.25, 0.3) is 5.65 Å². The summed E-state index contributed by atoms with van der Waals surface area (Å²) in [4.78, 5) is 18.0. The second-order valence-electron chi connectivity index (χ2n) is 4.31. The molecule has 6 nitrogen and oxygen atoms in total. The summed E-state index contributed by atoms with van der Waals surface area (Å²) in [7, 11) is 0. The van der Waals surface area contributed by atoms with Crippen molar-refractivity contribution >= 4 is 17.5 Å². The van der Waals surface area contributed by atoms with Crippen LogP contribution in [-0.2, 0) is 4.79 Å². The van der Waals surface area contributed by atoms with Crippen LogP contribution >= 0.6 is 0 Å². The van der Waals surface area contributed by atoms with Gasteiger partial charge in [0.2, 0.25) is 11.9 Å². The highest BCUT2D eigenvalue weighted by Crippen LogP contribution is 2.09. The van der Waals surface area contributed by atoms with Gasteiger partial charge in [-0.25, -0.2) is 4.52 Å². The predicted molar refractivity (Wildman–Crippen MR) is 74.1 cm³/mol. The van der Waals surface area contributed by atoms with Crippen molar-refractivity contribution in [3.05, 3.63) is 23.9 Å². The van der Waals surface area contributed by atoms with Gasteiger partial charge in [0.1, 0.15) is 0 Å². The molecule has 0 aromatic carbocycles. The van der Waals surface area contributed by atoms with Crippen molar-refractivity contribution < 1.29 is 4.79 Å². The molecule has 0 unspecified atom stereocenters. The first kappa shape index (κ1) is 13.3. The van der Waals surface area contributed by atoms with Gasteiger partial charge >= 0.3 is 0 Å². The molecule has 102 valence electrons. The van der Waals surface area contributed by atoms with Crippen molar-refractivity contribution in [2.75, 3.05) is 25.0 Å². The number of amides is 1. The zero-order valence-corrected chi connectivity index (χ0v) is 11.6. The summed E-state index contributed by atoms with van der Waals surface area (Å²) >= 11 is 0. The molecule has 0 atom stereocenters. The number of aryl methyl sites for hydroxylation is 1. The number of anilines is 1. The maximum absolute atomic E-state index is 11.9. The van der Waals surface area contributed by atoms with Gasteiger partial charge in [-0.05, 0) is 32.4 Å². The van der Waals surface area contributed by atoms with Gasteiger partial charge in [0.25, 0.3) is 0 Å². The van der Waals surface area contributed by atoms with Gasteiger partial charge in [0, 0.05) is 19.3 Å². The molecule has 0 bridgehead atoms. The van der Waals surface area contributed by atoms with Crippen LogP contribution in [0, 0.1) is 6.92 Å². The van der Waals surface area contributed by atoms with Crippen LogP contribution < -0.4 is 5.32 Å². The number of nitrogens with zero attached hydrogens (tertiary/aromatic N) is 4. The third-order valence-electron chi connectivity index (χ3n) is 3.07. The molecule has 0 saturated heterocycles. The van der Waals surface area contributed by atoms with E-state index < -0.39 is 0 Å². The summed E-state index contributed by atoms with van der Waals surface area (Å²) in [5.74, 6) is 0.537. The Morgan fingerprint density at radius 2 is 2.16 bits per heavy atom. The minimum absolute atomic E-state index is 0.0561. The minimum atomic E-state index is 0.0561. The van der Waals surface area contributed by atoms with E-state index in [2.05, 4.69) is 15.4 Å². The molecule has 0 radical (unpaired) electrons. The lowest BCUT2D eigenvalue weighted by Gasteiger charge is -2.18. The summed E-state index contributed by atoms with van der Waals surface area (Å²) in [5.41, 5.74) is 1.86. The molecule has 0 saturated carbocycles. The lowest BCUT2D eigenvalue weighted by Crippen LogP contribution is -2.35. The summed E-state index contributed by atoms with van der Waals surface area (Å²) in [6, 6.07) is 3.90. The number of carbonyl (C=O) groups is 1. The SMILES string of the molecule is CCN(CC)C(=O)CNc1nc2c(C)cccn2n1. The van der Waals surface area contributed by atoms with E-state index in [1.165, 1.54) is 0 Å². The Balaban J connectivity index is 2.06. The largest absolute Gasteiger partial charge is 0.344 e. The van der Waals surface area contributed by atoms with Crippen LogP contribution in [-0.4, -0.2) is 45.0 Å². The standard InChI is InChI=1S/C13H19N5O/c1-4-17(5-2)11(19)9-14-13-15-12-10(3)7-6-8-18(12)16-13/h6-8H,4-5,9H2,1-3H3,(H,14,16). The van der Waals surface area contributed by atoms with Gasteiger partial charge in [-0.1, -0.05) is 6.07 Å². The van der Waals surface area contributed by atoms with E-state index >= 15 is 0 Å². The van der Waals surface area contributed by atoms with Crippen LogP contribution in [0.15, 0.2) is 18.3 Å². The van der Waals surface area contributed by atoms with Gasteiger partial charge in [-0.15, -0.1) is 5.10 Å². The fourth-order valence-electron chi connectivity index (χ4n) is 1.96. The van der Waals surface area contributed by atoms with Crippen LogP contribution in [0.3, 0.4) is 0 Å². The first-order valence-corrected chi connectivity index (χ1v) is 6.49. The molecule has 2 heterocycles. The van der Waals surface area contributed by atoms with E-state index in [4.69, 9.17) is 0 Å². The number of aromatic nitrogens is 3. The van der Waals surface area contributed by atoms with Crippen molar-refractivity contribution in [1.82, 2.24) is 19.5 Å². The third-order valence-corrected chi connectivity index (χ3v) is 3.07. The zero-order valence-electron chi connectivity index (χ0n) is 11.6. The maximum atomic E-state index is 11.9. The highest BCUT2D eigenvalue weighted by molar-refractivity contribution is 5.80. The fourth-order valence-corrected chi connectivity index (χ4v) is 1.96. The van der Waals surface area contributed by atoms with E-state index in [1.54, 1.807) is 9.42 Å². The van der Waals surface area contributed by atoms with Gasteiger partial charge in [0.15, 0.2) is 5.65 Å². The summed E-state index contributed by atoms with van der Waals surface area (Å²) in [6.45, 7) is 7.57. The third kappa shape index (κ3) is 2.83. The van der Waals surface area contributed by atoms with Crippen molar-refractivity contribution in [2.45, 2.75) is 20.8 Å². The predicted octanol–water partition coefficient (Wildman–Crippen LogP) is 1.32. The number of hydrogen-bond acceptors (Lipinski definition) is 4. The highest BCUT2D eigenvalue weighted by atomic mass is 16.2. The highest BCUT2D eigenvalue weighted by Gasteiger charge is 2.11. The molecule has 0 aliphatic rings. The summed E-state index contributed by atoms with van der Waals surface area (Å²) < 4.78 is 1.71. The lowest BCUT2D eigenvalue weighted by atomic mass is 10.3. The van der Waals surface area contributed by atoms with E-state index in [0.29, 0.717) is 19.0 Å². The minimum Gasteiger partial charge on any atom is -0.344 e. The first-order chi connectivity index (χ1) is 9.15. The van der Waals surface area contributed by atoms with Gasteiger partial charge in [-0.3, -0.25) is 4.79 Å². The van der Waals surface area contributed by atoms with Crippen molar-refractivity contribution in [3.8, 4) is 0 Å². The first-order valence-electron chi connectivity index (χ1n) is 6.49. The van der Waals surface area contributed by atoms with Crippen molar-refractivity contribution in [1.29, 1.82) is 0 Å². The van der Waals surface area contributed by atoms with Crippen molar-refractivity contribution in [3.63, 3.8) is 0 Å². The van der Waals surface area contributed by atoms with E-state index in [0.717, 1.165) is 11.2 Å². The van der Waals surface area contributed by atoms with Crippen LogP contribution in [0.4, 0.5) is 5.95 Å². The van der Waals surface area contributed by atoms with Gasteiger partial charge in [-0.2, -0.15) is 4.98 Å². The Hall–Kier alpha value is -2.11. The molecule has 0 spiro atoms. The Kier molecular flexibility index (Phi) is 3.99. The van der Waals surface area contributed by atoms with Crippen LogP contribution in [0.1, 0.15) is 19.4 Å². The van der Waals surface area contributed by atoms with E-state index in [1.807, 2.05) is 39.1 Å². The molecule has 2 aromatic heterocycles. The molecule has 0 aliphatic heterocycles. The molecule has 0 fully saturated rings. The zero-order chi connectivity index (χ0) is 13.8. The summed E-state index contributed by atoms with van der Waals surface area (Å²) in [6.07, 6.45) is 1.84. The van der Waals surface area contributed by atoms with Gasteiger partial charge in [0.05, 0.1) is 6.54 Å². The average Bonchev–Trinajstić information content (AvgIpc) is 2.82. The Labute approximate surface area is 112 Å². The van der Waals surface area contributed by atoms with Gasteiger partial charge < -0.3 is 10.2 Å². The quantitative estimate of drug-likeness (QED) is 0.881. The maximum Gasteiger partial charge on any atom is 0.243 e. The number of fused-ring (bicyclic) bond motifs is 1. The summed E-state index contributed by atoms with van der Waals surface area (Å²) in [5, 5.41) is 7.26. The Morgan fingerprint density at radius 1 is 1.42 bits per heavy atom. The Bertz CT molecular complexity index is 573. The second kappa shape index (κ2) is 5.69. The topological polar surface area (TPSA) is 62.5 Å². The number of likely N-dealkylation sites (N-methyl/N-ethyl adjacent to an activating group) is 1. The molecule has 6 heteroatoms. The Morgan fingerprint density at radius 3 is 2.79 bits per heavy atom. The second-order valence-corrected chi connectivity index (χ2v) is 4.31. The monoisotopic (exact) mass is 261 g/mol. The normalized spacial score (nSPS) is 10.7. The fraction of sp³-hybridized carbons (Fsp3) is 0.462. The molecule has 2 aromatic rings. The smallest absolute Gasteiger partial charge is 0.243 e. The molecule has 2 rings (SSSR count). The lowest BCUT2D eigenvalue weighted by molar-refractivity contribution is -0.128. The van der Waals surface area contributed by atoms with E-state index in [-0.39, 0.29) is 12.5 Å². The number of pyridine rings is 1.